The maximum Gasteiger partial charge on any atom is 0.314 e. The van der Waals surface area contributed by atoms with Crippen molar-refractivity contribution >= 4 is 35.1 Å². The first-order chi connectivity index (χ1) is 19.1. The van der Waals surface area contributed by atoms with Crippen LogP contribution in [0, 0.1) is 0 Å². The number of nitrogens with two attached hydrogens (primary N) is 1. The van der Waals surface area contributed by atoms with E-state index in [1.807, 2.05) is 24.6 Å². The third-order valence-electron chi connectivity index (χ3n) is 7.45. The highest BCUT2D eigenvalue weighted by molar-refractivity contribution is 5.98. The first-order valence-corrected chi connectivity index (χ1v) is 13.8. The molecule has 3 aromatic rings. The summed E-state index contributed by atoms with van der Waals surface area (Å²) in [6.45, 7) is 12.6. The molecule has 4 N–H and O–H groups in total. The summed E-state index contributed by atoms with van der Waals surface area (Å²) in [4.78, 5) is 42.8. The molecule has 1 aromatic carbocycles. The van der Waals surface area contributed by atoms with Gasteiger partial charge in [-0.3, -0.25) is 9.59 Å². The van der Waals surface area contributed by atoms with Crippen LogP contribution in [0.2, 0.25) is 0 Å². The van der Waals surface area contributed by atoms with Gasteiger partial charge in [-0.25, -0.2) is 14.5 Å². The number of ether oxygens (including phenoxy) is 1. The van der Waals surface area contributed by atoms with E-state index in [9.17, 15) is 14.4 Å². The molecule has 11 nitrogen and oxygen atoms in total. The molecular weight excluding hydrogens is 510 g/mol. The van der Waals surface area contributed by atoms with Crippen molar-refractivity contribution in [2.75, 3.05) is 18.4 Å². The number of aryl methyl sites for hydroxylation is 2. The van der Waals surface area contributed by atoms with E-state index in [4.69, 9.17) is 15.5 Å². The van der Waals surface area contributed by atoms with Gasteiger partial charge >= 0.3 is 6.03 Å². The first-order valence-electron chi connectivity index (χ1n) is 13.8. The van der Waals surface area contributed by atoms with Crippen molar-refractivity contribution in [1.29, 1.82) is 0 Å². The van der Waals surface area contributed by atoms with E-state index in [-0.39, 0.29) is 35.2 Å². The number of aromatic nitrogens is 3. The summed E-state index contributed by atoms with van der Waals surface area (Å²) in [6, 6.07) is 5.01. The van der Waals surface area contributed by atoms with Crippen molar-refractivity contribution in [1.82, 2.24) is 25.0 Å². The van der Waals surface area contributed by atoms with Gasteiger partial charge in [0.05, 0.1) is 22.8 Å². The number of likely N-dealkylation sites (tertiary alicyclic amines) is 1. The fourth-order valence-corrected chi connectivity index (χ4v) is 5.09. The van der Waals surface area contributed by atoms with E-state index >= 15 is 0 Å². The van der Waals surface area contributed by atoms with E-state index in [1.54, 1.807) is 23.2 Å². The Bertz CT molecular complexity index is 1400. The Morgan fingerprint density at radius 1 is 1.20 bits per heavy atom. The molecule has 3 heterocycles. The summed E-state index contributed by atoms with van der Waals surface area (Å²) in [7, 11) is 0. The summed E-state index contributed by atoms with van der Waals surface area (Å²) in [5.74, 6) is -0.141. The van der Waals surface area contributed by atoms with Gasteiger partial charge < -0.3 is 26.0 Å². The smallest absolute Gasteiger partial charge is 0.314 e. The lowest BCUT2D eigenvalue weighted by molar-refractivity contribution is -0.120. The van der Waals surface area contributed by atoms with E-state index in [0.29, 0.717) is 32.5 Å². The molecule has 0 aliphatic carbocycles. The zero-order valence-electron chi connectivity index (χ0n) is 23.9. The molecule has 1 aliphatic rings. The van der Waals surface area contributed by atoms with Crippen molar-refractivity contribution in [3.63, 3.8) is 0 Å². The summed E-state index contributed by atoms with van der Waals surface area (Å²) < 4.78 is 7.06. The molecular formula is C29H39N7O4. The molecule has 0 bridgehead atoms. The van der Waals surface area contributed by atoms with Gasteiger partial charge in [0.15, 0.2) is 5.65 Å². The Morgan fingerprint density at radius 2 is 1.93 bits per heavy atom. The predicted molar refractivity (Wildman–Crippen MR) is 153 cm³/mol. The molecule has 1 saturated heterocycles. The quantitative estimate of drug-likeness (QED) is 0.345. The van der Waals surface area contributed by atoms with Gasteiger partial charge in [-0.15, -0.1) is 0 Å². The lowest BCUT2D eigenvalue weighted by atomic mass is 9.86. The normalized spacial score (nSPS) is 14.3. The number of primary amides is 1. The summed E-state index contributed by atoms with van der Waals surface area (Å²) in [5, 5.41) is 12.1. The van der Waals surface area contributed by atoms with E-state index in [1.165, 1.54) is 0 Å². The predicted octanol–water partition coefficient (Wildman–Crippen LogP) is 3.73. The van der Waals surface area contributed by atoms with Crippen LogP contribution < -0.4 is 21.1 Å². The van der Waals surface area contributed by atoms with Gasteiger partial charge in [0.1, 0.15) is 5.75 Å². The van der Waals surface area contributed by atoms with Crippen LogP contribution in [0.3, 0.4) is 0 Å². The third kappa shape index (κ3) is 6.03. The molecule has 0 radical (unpaired) electrons. The maximum absolute atomic E-state index is 13.4. The van der Waals surface area contributed by atoms with Crippen molar-refractivity contribution in [2.24, 2.45) is 5.73 Å². The molecule has 0 spiro atoms. The number of nitrogens with zero attached hydrogens (tertiary/aromatic N) is 4. The molecule has 3 amide bonds. The van der Waals surface area contributed by atoms with Crippen LogP contribution in [-0.4, -0.2) is 57.2 Å². The van der Waals surface area contributed by atoms with E-state index < -0.39 is 6.03 Å². The minimum absolute atomic E-state index is 0.114. The molecule has 1 aliphatic heterocycles. The second kappa shape index (κ2) is 11.9. The van der Waals surface area contributed by atoms with Crippen LogP contribution in [0.1, 0.15) is 74.6 Å². The number of nitrogens with one attached hydrogen (secondary N) is 2. The molecule has 1 fully saturated rings. The first kappa shape index (κ1) is 28.8. The molecule has 214 valence electrons. The Morgan fingerprint density at radius 3 is 2.52 bits per heavy atom. The van der Waals surface area contributed by atoms with Crippen LogP contribution in [0.4, 0.5) is 10.5 Å². The number of pyridine rings is 1. The van der Waals surface area contributed by atoms with Gasteiger partial charge in [0.2, 0.25) is 0 Å². The van der Waals surface area contributed by atoms with E-state index in [2.05, 4.69) is 36.5 Å². The zero-order valence-corrected chi connectivity index (χ0v) is 23.9. The number of carbonyl (C=O) groups is 3. The van der Waals surface area contributed by atoms with Crippen LogP contribution in [0.15, 0.2) is 24.4 Å². The summed E-state index contributed by atoms with van der Waals surface area (Å²) in [5.41, 5.74) is 9.92. The average Bonchev–Trinajstić information content (AvgIpc) is 3.34. The van der Waals surface area contributed by atoms with E-state index in [0.717, 1.165) is 46.4 Å². The molecule has 0 atom stereocenters. The highest BCUT2D eigenvalue weighted by Gasteiger charge is 2.25. The number of fused-ring (bicyclic) bond motifs is 1. The molecule has 0 saturated carbocycles. The third-order valence-corrected chi connectivity index (χ3v) is 7.45. The minimum Gasteiger partial charge on any atom is -0.428 e. The second-order valence-corrected chi connectivity index (χ2v) is 11.1. The number of carbonyl (C=O) groups excluding carboxylic acids is 3. The van der Waals surface area contributed by atoms with Gasteiger partial charge in [-0.1, -0.05) is 33.8 Å². The Kier molecular flexibility index (Phi) is 8.61. The number of hydrogen-bond acceptors (Lipinski definition) is 7. The number of amides is 3. The fraction of sp³-hybridized carbons (Fsp3) is 0.483. The SMILES string of the molecule is CCc1nc2c(cnn2CC)c(NC2CCN(C(N)=O)CC2)c1CNC(=O)c1ccc(C(C)(C)C)cc1OC=O. The maximum atomic E-state index is 13.4. The molecule has 11 heteroatoms. The molecule has 0 unspecified atom stereocenters. The Balaban J connectivity index is 1.66. The number of urea groups is 1. The van der Waals surface area contributed by atoms with Crippen molar-refractivity contribution in [3.05, 3.63) is 46.8 Å². The number of benzene rings is 1. The molecule has 2 aromatic heterocycles. The summed E-state index contributed by atoms with van der Waals surface area (Å²) >= 11 is 0. The monoisotopic (exact) mass is 549 g/mol. The lowest BCUT2D eigenvalue weighted by Gasteiger charge is -2.32. The Labute approximate surface area is 234 Å². The van der Waals surface area contributed by atoms with Crippen LogP contribution in [0.5, 0.6) is 5.75 Å². The number of hydrogen-bond donors (Lipinski definition) is 3. The van der Waals surface area contributed by atoms with Crippen LogP contribution in [0.25, 0.3) is 11.0 Å². The zero-order chi connectivity index (χ0) is 29.0. The van der Waals surface area contributed by atoms with Crippen molar-refractivity contribution < 1.29 is 19.1 Å². The topological polar surface area (TPSA) is 144 Å². The lowest BCUT2D eigenvalue weighted by Crippen LogP contribution is -2.44. The average molecular weight is 550 g/mol. The second-order valence-electron chi connectivity index (χ2n) is 11.1. The van der Waals surface area contributed by atoms with Gasteiger partial charge in [0.25, 0.3) is 12.4 Å². The molecule has 4 rings (SSSR count). The van der Waals surface area contributed by atoms with Crippen molar-refractivity contribution in [2.45, 2.75) is 78.4 Å². The highest BCUT2D eigenvalue weighted by Crippen LogP contribution is 2.32. The number of piperidine rings is 1. The minimum atomic E-state index is -0.404. The number of anilines is 1. The summed E-state index contributed by atoms with van der Waals surface area (Å²) in [6.07, 6.45) is 3.95. The van der Waals surface area contributed by atoms with Crippen molar-refractivity contribution in [3.8, 4) is 5.75 Å². The van der Waals surface area contributed by atoms with Crippen LogP contribution in [-0.2, 0) is 29.7 Å². The standard InChI is InChI=1S/C29H39N7O4/c1-6-23-21(15-31-27(38)20-9-8-18(29(3,4)5)14-24(20)40-17-37)25(22-16-32-36(7-2)26(22)34-23)33-19-10-12-35(13-11-19)28(30)39/h8-9,14,16-17,19H,6-7,10-13,15H2,1-5H3,(H2,30,39)(H,31,38)(H,33,34). The van der Waals surface area contributed by atoms with Crippen LogP contribution >= 0.6 is 0 Å². The van der Waals surface area contributed by atoms with Gasteiger partial charge in [-0.2, -0.15) is 5.10 Å². The fourth-order valence-electron chi connectivity index (χ4n) is 5.09. The van der Waals surface area contributed by atoms with Gasteiger partial charge in [0, 0.05) is 43.5 Å². The highest BCUT2D eigenvalue weighted by atomic mass is 16.5. The molecule has 40 heavy (non-hydrogen) atoms. The Hall–Kier alpha value is -4.15. The largest absolute Gasteiger partial charge is 0.428 e. The van der Waals surface area contributed by atoms with Gasteiger partial charge in [-0.05, 0) is 49.3 Å². The number of rotatable bonds is 9.